The summed E-state index contributed by atoms with van der Waals surface area (Å²) in [5.74, 6) is 0. The molecular weight excluding hydrogens is 194 g/mol. The average Bonchev–Trinajstić information content (AvgIpc) is 2.26. The Hall–Kier alpha value is -1.65. The van der Waals surface area contributed by atoms with Crippen molar-refractivity contribution in [3.63, 3.8) is 0 Å². The van der Waals surface area contributed by atoms with Gasteiger partial charge in [-0.25, -0.2) is 0 Å². The van der Waals surface area contributed by atoms with Crippen LogP contribution in [0.25, 0.3) is 10.9 Å². The van der Waals surface area contributed by atoms with Gasteiger partial charge in [0.15, 0.2) is 0 Å². The minimum Gasteiger partial charge on any atom is -0.393 e. The van der Waals surface area contributed by atoms with Crippen molar-refractivity contribution < 1.29 is 10.2 Å². The van der Waals surface area contributed by atoms with Crippen LogP contribution >= 0.6 is 0 Å². The van der Waals surface area contributed by atoms with Crippen molar-refractivity contribution in [3.05, 3.63) is 46.2 Å². The predicted molar refractivity (Wildman–Crippen MR) is 56.6 cm³/mol. The maximum Gasteiger partial charge on any atom is 0.248 e. The molecule has 0 fully saturated rings. The van der Waals surface area contributed by atoms with Gasteiger partial charge in [0.25, 0.3) is 0 Å². The summed E-state index contributed by atoms with van der Waals surface area (Å²) in [6.45, 7) is -0.395. The van der Waals surface area contributed by atoms with E-state index in [-0.39, 0.29) is 5.56 Å². The Balaban J connectivity index is 2.76. The zero-order chi connectivity index (χ0) is 10.8. The summed E-state index contributed by atoms with van der Waals surface area (Å²) in [6, 6.07) is 8.47. The maximum atomic E-state index is 11.3. The van der Waals surface area contributed by atoms with Crippen LogP contribution in [0.15, 0.2) is 35.1 Å². The molecule has 3 N–H and O–H groups in total. The van der Waals surface area contributed by atoms with Gasteiger partial charge >= 0.3 is 0 Å². The number of nitrogens with one attached hydrogen (secondary N) is 1. The number of hydrogen-bond donors (Lipinski definition) is 3. The minimum atomic E-state index is -1.02. The number of aromatic nitrogens is 1. The van der Waals surface area contributed by atoms with Crippen molar-refractivity contribution >= 4 is 10.9 Å². The Kier molecular flexibility index (Phi) is 2.53. The summed E-state index contributed by atoms with van der Waals surface area (Å²) < 4.78 is 0. The van der Waals surface area contributed by atoms with E-state index in [4.69, 9.17) is 5.11 Å². The van der Waals surface area contributed by atoms with Gasteiger partial charge in [0.2, 0.25) is 5.56 Å². The Morgan fingerprint density at radius 3 is 2.80 bits per heavy atom. The monoisotopic (exact) mass is 205 g/mol. The summed E-state index contributed by atoms with van der Waals surface area (Å²) in [4.78, 5) is 13.9. The van der Waals surface area contributed by atoms with E-state index < -0.39 is 12.7 Å². The van der Waals surface area contributed by atoms with Crippen LogP contribution in [0.4, 0.5) is 0 Å². The third-order valence-electron chi connectivity index (χ3n) is 2.31. The van der Waals surface area contributed by atoms with Gasteiger partial charge in [0.05, 0.1) is 6.61 Å². The van der Waals surface area contributed by atoms with E-state index in [2.05, 4.69) is 4.98 Å². The molecule has 0 bridgehead atoms. The number of hydrogen-bond acceptors (Lipinski definition) is 3. The Bertz CT molecular complexity index is 533. The van der Waals surface area contributed by atoms with Crippen LogP contribution in [0.1, 0.15) is 11.7 Å². The molecule has 15 heavy (non-hydrogen) atoms. The zero-order valence-corrected chi connectivity index (χ0v) is 7.97. The second-order valence-corrected chi connectivity index (χ2v) is 3.33. The molecule has 1 atom stereocenters. The van der Waals surface area contributed by atoms with Crippen LogP contribution in [0.3, 0.4) is 0 Å². The normalized spacial score (nSPS) is 12.9. The van der Waals surface area contributed by atoms with Gasteiger partial charge in [-0.3, -0.25) is 4.79 Å². The lowest BCUT2D eigenvalue weighted by Gasteiger charge is -2.10. The van der Waals surface area contributed by atoms with E-state index in [9.17, 15) is 9.90 Å². The lowest BCUT2D eigenvalue weighted by atomic mass is 10.0. The molecule has 2 aromatic rings. The first-order chi connectivity index (χ1) is 7.22. The molecule has 78 valence electrons. The fourth-order valence-electron chi connectivity index (χ4n) is 1.61. The number of aromatic amines is 1. The van der Waals surface area contributed by atoms with Crippen molar-refractivity contribution in [2.75, 3.05) is 6.61 Å². The number of rotatable bonds is 2. The van der Waals surface area contributed by atoms with E-state index in [0.29, 0.717) is 11.1 Å². The van der Waals surface area contributed by atoms with Gasteiger partial charge in [-0.15, -0.1) is 0 Å². The molecule has 0 amide bonds. The van der Waals surface area contributed by atoms with Gasteiger partial charge in [-0.05, 0) is 11.6 Å². The quantitative estimate of drug-likeness (QED) is 0.670. The van der Waals surface area contributed by atoms with E-state index >= 15 is 0 Å². The summed E-state index contributed by atoms with van der Waals surface area (Å²) in [5.41, 5.74) is 0.834. The smallest absolute Gasteiger partial charge is 0.248 e. The van der Waals surface area contributed by atoms with E-state index in [1.54, 1.807) is 18.2 Å². The fraction of sp³-hybridized carbons (Fsp3) is 0.182. The number of fused-ring (bicyclic) bond motifs is 1. The maximum absolute atomic E-state index is 11.3. The number of H-pyrrole nitrogens is 1. The van der Waals surface area contributed by atoms with E-state index in [1.807, 2.05) is 6.07 Å². The molecule has 0 aliphatic rings. The first-order valence-corrected chi connectivity index (χ1v) is 4.63. The number of aliphatic hydroxyl groups is 2. The molecule has 1 unspecified atom stereocenters. The highest BCUT2D eigenvalue weighted by Gasteiger charge is 2.10. The van der Waals surface area contributed by atoms with E-state index in [0.717, 1.165) is 5.39 Å². The molecular formula is C11H11NO3. The van der Waals surface area contributed by atoms with Gasteiger partial charge in [-0.2, -0.15) is 0 Å². The highest BCUT2D eigenvalue weighted by Crippen LogP contribution is 2.20. The molecule has 1 heterocycles. The standard InChI is InChI=1S/C11H11NO3/c13-6-10(14)8-5-11(15)12-9-4-2-1-3-7(8)9/h1-5,10,13-14H,6H2,(H,12,15). The van der Waals surface area contributed by atoms with Gasteiger partial charge < -0.3 is 15.2 Å². The van der Waals surface area contributed by atoms with E-state index in [1.165, 1.54) is 6.07 Å². The SMILES string of the molecule is O=c1cc(C(O)CO)c2ccccc2[nH]1. The van der Waals surface area contributed by atoms with Crippen molar-refractivity contribution in [2.45, 2.75) is 6.10 Å². The van der Waals surface area contributed by atoms with Crippen LogP contribution in [0.2, 0.25) is 0 Å². The molecule has 0 saturated heterocycles. The van der Waals surface area contributed by atoms with Crippen LogP contribution in [-0.4, -0.2) is 21.8 Å². The second-order valence-electron chi connectivity index (χ2n) is 3.33. The first kappa shape index (κ1) is 9.89. The molecule has 0 aliphatic heterocycles. The molecule has 0 spiro atoms. The van der Waals surface area contributed by atoms with Crippen molar-refractivity contribution in [1.29, 1.82) is 0 Å². The van der Waals surface area contributed by atoms with Gasteiger partial charge in [0.1, 0.15) is 6.10 Å². The average molecular weight is 205 g/mol. The summed E-state index contributed by atoms with van der Waals surface area (Å²) in [7, 11) is 0. The Labute approximate surface area is 85.8 Å². The molecule has 0 saturated carbocycles. The Morgan fingerprint density at radius 1 is 1.33 bits per heavy atom. The number of pyridine rings is 1. The third kappa shape index (κ3) is 1.77. The highest BCUT2D eigenvalue weighted by molar-refractivity contribution is 5.82. The molecule has 1 aromatic carbocycles. The summed E-state index contributed by atoms with van der Waals surface area (Å²) in [6.07, 6.45) is -1.02. The van der Waals surface area contributed by atoms with Crippen molar-refractivity contribution in [3.8, 4) is 0 Å². The first-order valence-electron chi connectivity index (χ1n) is 4.63. The molecule has 2 rings (SSSR count). The van der Waals surface area contributed by atoms with Crippen molar-refractivity contribution in [1.82, 2.24) is 4.98 Å². The molecule has 4 heteroatoms. The topological polar surface area (TPSA) is 73.3 Å². The largest absolute Gasteiger partial charge is 0.393 e. The number of aliphatic hydroxyl groups excluding tert-OH is 2. The highest BCUT2D eigenvalue weighted by atomic mass is 16.3. The lowest BCUT2D eigenvalue weighted by molar-refractivity contribution is 0.0966. The van der Waals surface area contributed by atoms with Crippen LogP contribution in [-0.2, 0) is 0 Å². The van der Waals surface area contributed by atoms with Crippen LogP contribution in [0.5, 0.6) is 0 Å². The Morgan fingerprint density at radius 2 is 2.07 bits per heavy atom. The lowest BCUT2D eigenvalue weighted by Crippen LogP contribution is -2.11. The third-order valence-corrected chi connectivity index (χ3v) is 2.31. The van der Waals surface area contributed by atoms with Gasteiger partial charge in [0, 0.05) is 17.0 Å². The number of benzene rings is 1. The summed E-state index contributed by atoms with van der Waals surface area (Å²) in [5, 5.41) is 19.2. The van der Waals surface area contributed by atoms with Crippen molar-refractivity contribution in [2.24, 2.45) is 0 Å². The number of para-hydroxylation sites is 1. The molecule has 0 radical (unpaired) electrons. The van der Waals surface area contributed by atoms with Crippen LogP contribution in [0, 0.1) is 0 Å². The second kappa shape index (κ2) is 3.84. The van der Waals surface area contributed by atoms with Gasteiger partial charge in [-0.1, -0.05) is 18.2 Å². The minimum absolute atomic E-state index is 0.281. The van der Waals surface area contributed by atoms with Crippen LogP contribution < -0.4 is 5.56 Å². The molecule has 0 aliphatic carbocycles. The predicted octanol–water partition coefficient (Wildman–Crippen LogP) is 0.554. The fourth-order valence-corrected chi connectivity index (χ4v) is 1.61. The molecule has 4 nitrogen and oxygen atoms in total. The molecule has 1 aromatic heterocycles. The summed E-state index contributed by atoms with van der Waals surface area (Å²) >= 11 is 0. The zero-order valence-electron chi connectivity index (χ0n) is 7.97.